The van der Waals surface area contributed by atoms with Gasteiger partial charge in [0.05, 0.1) is 11.9 Å². The highest BCUT2D eigenvalue weighted by Gasteiger charge is 2.14. The summed E-state index contributed by atoms with van der Waals surface area (Å²) in [6, 6.07) is 11.9. The van der Waals surface area contributed by atoms with E-state index in [-0.39, 0.29) is 5.84 Å². The number of benzene rings is 1. The number of rotatable bonds is 6. The van der Waals surface area contributed by atoms with Gasteiger partial charge >= 0.3 is 0 Å². The minimum atomic E-state index is 0.0693. The first kappa shape index (κ1) is 14.1. The lowest BCUT2D eigenvalue weighted by Crippen LogP contribution is -2.23. The van der Waals surface area contributed by atoms with Crippen molar-refractivity contribution >= 4 is 17.2 Å². The molecule has 0 aliphatic carbocycles. The lowest BCUT2D eigenvalue weighted by atomic mass is 10.1. The van der Waals surface area contributed by atoms with Crippen molar-refractivity contribution in [3.05, 3.63) is 54.4 Å². The van der Waals surface area contributed by atoms with Crippen LogP contribution in [0.1, 0.15) is 25.3 Å². The smallest absolute Gasteiger partial charge is 0.125 e. The molecule has 1 aromatic carbocycles. The van der Waals surface area contributed by atoms with Gasteiger partial charge in [0.15, 0.2) is 0 Å². The lowest BCUT2D eigenvalue weighted by molar-refractivity contribution is 0.784. The van der Waals surface area contributed by atoms with E-state index in [2.05, 4.69) is 28.9 Å². The molecular weight excluding hydrogens is 248 g/mol. The molecule has 1 heterocycles. The molecule has 0 radical (unpaired) electrons. The molecule has 4 heteroatoms. The third-order valence-electron chi connectivity index (χ3n) is 3.18. The number of nitrogens with two attached hydrogens (primary N) is 1. The summed E-state index contributed by atoms with van der Waals surface area (Å²) < 4.78 is 0. The van der Waals surface area contributed by atoms with Crippen molar-refractivity contribution in [2.45, 2.75) is 19.8 Å². The van der Waals surface area contributed by atoms with Gasteiger partial charge in [0, 0.05) is 24.0 Å². The third-order valence-corrected chi connectivity index (χ3v) is 3.18. The van der Waals surface area contributed by atoms with Crippen LogP contribution in [0.5, 0.6) is 0 Å². The maximum Gasteiger partial charge on any atom is 0.125 e. The van der Waals surface area contributed by atoms with E-state index < -0.39 is 0 Å². The van der Waals surface area contributed by atoms with Crippen LogP contribution < -0.4 is 10.6 Å². The molecule has 0 unspecified atom stereocenters. The fraction of sp³-hybridized carbons (Fsp3) is 0.250. The Balaban J connectivity index is 2.44. The number of unbranched alkanes of at least 4 members (excludes halogenated alkanes) is 1. The van der Waals surface area contributed by atoms with Crippen LogP contribution in [0.2, 0.25) is 0 Å². The number of aromatic nitrogens is 1. The number of para-hydroxylation sites is 1. The van der Waals surface area contributed by atoms with Crippen molar-refractivity contribution in [2.75, 3.05) is 11.4 Å². The molecule has 0 bridgehead atoms. The molecule has 20 heavy (non-hydrogen) atoms. The third kappa shape index (κ3) is 3.15. The number of hydrogen-bond acceptors (Lipinski definition) is 3. The van der Waals surface area contributed by atoms with Gasteiger partial charge in [-0.1, -0.05) is 31.5 Å². The zero-order valence-corrected chi connectivity index (χ0v) is 11.7. The van der Waals surface area contributed by atoms with Gasteiger partial charge in [0.2, 0.25) is 0 Å². The number of pyridine rings is 1. The number of anilines is 2. The minimum Gasteiger partial charge on any atom is -0.384 e. The van der Waals surface area contributed by atoms with Crippen molar-refractivity contribution in [1.29, 1.82) is 5.41 Å². The van der Waals surface area contributed by atoms with Crippen molar-refractivity contribution in [3.63, 3.8) is 0 Å². The average molecular weight is 268 g/mol. The lowest BCUT2D eigenvalue weighted by Gasteiger charge is -2.26. The molecule has 104 valence electrons. The topological polar surface area (TPSA) is 66.0 Å². The summed E-state index contributed by atoms with van der Waals surface area (Å²) in [6.07, 6.45) is 5.63. The second-order valence-electron chi connectivity index (χ2n) is 4.65. The Kier molecular flexibility index (Phi) is 4.71. The maximum absolute atomic E-state index is 7.73. The van der Waals surface area contributed by atoms with Crippen molar-refractivity contribution < 1.29 is 0 Å². The van der Waals surface area contributed by atoms with E-state index in [9.17, 15) is 0 Å². The van der Waals surface area contributed by atoms with Gasteiger partial charge in [0.25, 0.3) is 0 Å². The Bertz CT molecular complexity index is 566. The number of hydrogen-bond donors (Lipinski definition) is 2. The standard InChI is InChI=1S/C16H20N4/c1-2-3-11-20(13-7-5-4-6-8-13)15-12-19-10-9-14(15)16(17)18/h4-10,12H,2-3,11H2,1H3,(H3,17,18). The molecule has 3 N–H and O–H groups in total. The van der Waals surface area contributed by atoms with E-state index in [1.165, 1.54) is 0 Å². The summed E-state index contributed by atoms with van der Waals surface area (Å²) >= 11 is 0. The van der Waals surface area contributed by atoms with Gasteiger partial charge < -0.3 is 10.6 Å². The quantitative estimate of drug-likeness (QED) is 0.624. The molecule has 4 nitrogen and oxygen atoms in total. The summed E-state index contributed by atoms with van der Waals surface area (Å²) in [6.45, 7) is 3.05. The predicted octanol–water partition coefficient (Wildman–Crippen LogP) is 3.30. The van der Waals surface area contributed by atoms with Crippen LogP contribution in [-0.2, 0) is 0 Å². The van der Waals surface area contributed by atoms with Gasteiger partial charge in [-0.05, 0) is 24.6 Å². The molecule has 0 aliphatic rings. The van der Waals surface area contributed by atoms with Crippen LogP contribution >= 0.6 is 0 Å². The molecule has 0 aliphatic heterocycles. The second-order valence-corrected chi connectivity index (χ2v) is 4.65. The van der Waals surface area contributed by atoms with Crippen LogP contribution in [0.15, 0.2) is 48.8 Å². The van der Waals surface area contributed by atoms with E-state index in [0.29, 0.717) is 0 Å². The highest BCUT2D eigenvalue weighted by Crippen LogP contribution is 2.28. The molecule has 0 spiro atoms. The van der Waals surface area contributed by atoms with E-state index in [4.69, 9.17) is 11.1 Å². The normalized spacial score (nSPS) is 10.2. The van der Waals surface area contributed by atoms with Crippen LogP contribution in [0.25, 0.3) is 0 Å². The first-order chi connectivity index (χ1) is 9.74. The highest BCUT2D eigenvalue weighted by atomic mass is 15.1. The van der Waals surface area contributed by atoms with Gasteiger partial charge in [-0.3, -0.25) is 10.4 Å². The van der Waals surface area contributed by atoms with Crippen LogP contribution in [-0.4, -0.2) is 17.4 Å². The van der Waals surface area contributed by atoms with Gasteiger partial charge in [0.1, 0.15) is 5.84 Å². The fourth-order valence-electron chi connectivity index (χ4n) is 2.14. The minimum absolute atomic E-state index is 0.0693. The second kappa shape index (κ2) is 6.70. The van der Waals surface area contributed by atoms with E-state index in [0.717, 1.165) is 36.3 Å². The zero-order chi connectivity index (χ0) is 14.4. The summed E-state index contributed by atoms with van der Waals surface area (Å²) in [5.74, 6) is 0.0693. The van der Waals surface area contributed by atoms with E-state index in [1.807, 2.05) is 18.2 Å². The fourth-order valence-corrected chi connectivity index (χ4v) is 2.14. The molecule has 0 amide bonds. The molecule has 2 rings (SSSR count). The monoisotopic (exact) mass is 268 g/mol. The number of amidine groups is 1. The molecule has 2 aromatic rings. The first-order valence-corrected chi connectivity index (χ1v) is 6.85. The van der Waals surface area contributed by atoms with Gasteiger partial charge in [-0.25, -0.2) is 0 Å². The molecule has 1 aromatic heterocycles. The Labute approximate surface area is 119 Å². The summed E-state index contributed by atoms with van der Waals surface area (Å²) in [5, 5.41) is 7.73. The molecule has 0 saturated heterocycles. The van der Waals surface area contributed by atoms with Crippen LogP contribution in [0, 0.1) is 5.41 Å². The average Bonchev–Trinajstić information content (AvgIpc) is 2.49. The number of nitrogens with one attached hydrogen (secondary N) is 1. The maximum atomic E-state index is 7.73. The summed E-state index contributed by atoms with van der Waals surface area (Å²) in [7, 11) is 0. The van der Waals surface area contributed by atoms with Crippen LogP contribution in [0.4, 0.5) is 11.4 Å². The Morgan fingerprint density at radius 3 is 2.65 bits per heavy atom. The van der Waals surface area contributed by atoms with Gasteiger partial charge in [-0.2, -0.15) is 0 Å². The SMILES string of the molecule is CCCCN(c1ccccc1)c1cnccc1C(=N)N. The number of nitrogen functional groups attached to an aromatic ring is 1. The summed E-state index contributed by atoms with van der Waals surface area (Å²) in [4.78, 5) is 6.36. The largest absolute Gasteiger partial charge is 0.384 e. The molecular formula is C16H20N4. The van der Waals surface area contributed by atoms with E-state index >= 15 is 0 Å². The van der Waals surface area contributed by atoms with Gasteiger partial charge in [-0.15, -0.1) is 0 Å². The van der Waals surface area contributed by atoms with E-state index in [1.54, 1.807) is 18.5 Å². The zero-order valence-electron chi connectivity index (χ0n) is 11.7. The van der Waals surface area contributed by atoms with Crippen molar-refractivity contribution in [2.24, 2.45) is 5.73 Å². The molecule has 0 atom stereocenters. The molecule has 0 saturated carbocycles. The highest BCUT2D eigenvalue weighted by molar-refractivity contribution is 6.01. The Morgan fingerprint density at radius 2 is 2.00 bits per heavy atom. The van der Waals surface area contributed by atoms with Crippen molar-refractivity contribution in [1.82, 2.24) is 4.98 Å². The van der Waals surface area contributed by atoms with Crippen molar-refractivity contribution in [3.8, 4) is 0 Å². The Hall–Kier alpha value is -2.36. The van der Waals surface area contributed by atoms with Crippen LogP contribution in [0.3, 0.4) is 0 Å². The predicted molar refractivity (Wildman–Crippen MR) is 83.6 cm³/mol. The molecule has 0 fully saturated rings. The first-order valence-electron chi connectivity index (χ1n) is 6.85. The Morgan fingerprint density at radius 1 is 1.25 bits per heavy atom. The summed E-state index contributed by atoms with van der Waals surface area (Å²) in [5.41, 5.74) is 8.39. The number of nitrogens with zero attached hydrogens (tertiary/aromatic N) is 2.